The predicted molar refractivity (Wildman–Crippen MR) is 61.2 cm³/mol. The van der Waals surface area contributed by atoms with Gasteiger partial charge in [-0.25, -0.2) is 9.78 Å². The highest BCUT2D eigenvalue weighted by atomic mass is 16.6. The number of aromatic amines is 1. The molecule has 3 heterocycles. The summed E-state index contributed by atoms with van der Waals surface area (Å²) >= 11 is 0. The molecular weight excluding hydrogens is 256 g/mol. The normalized spacial score (nSPS) is 31.1. The molecule has 2 aromatic rings. The summed E-state index contributed by atoms with van der Waals surface area (Å²) in [4.78, 5) is 22.2. The standard InChI is InChI=1S/C10H12N4O5/c15-2-5-6(16)7(17)9(19-5)14-1-4-8(12-3-11-4)13-10(14)18/h1,3,5-7,9,15-17H,2H2,(H,11,12,13,18). The van der Waals surface area contributed by atoms with Gasteiger partial charge in [-0.2, -0.15) is 4.98 Å². The third kappa shape index (κ3) is 1.83. The Labute approximate surface area is 106 Å². The molecule has 0 saturated carbocycles. The van der Waals surface area contributed by atoms with Crippen LogP contribution in [0.3, 0.4) is 0 Å². The van der Waals surface area contributed by atoms with Gasteiger partial charge in [0.1, 0.15) is 23.8 Å². The van der Waals surface area contributed by atoms with E-state index < -0.39 is 36.8 Å². The molecule has 0 radical (unpaired) electrons. The number of ether oxygens (including phenoxy) is 1. The SMILES string of the molecule is O=c1nc2nc[nH]c2cn1C1OC(CO)C(O)C1O. The fraction of sp³-hybridized carbons (Fsp3) is 0.500. The van der Waals surface area contributed by atoms with E-state index in [1.54, 1.807) is 0 Å². The van der Waals surface area contributed by atoms with Crippen molar-refractivity contribution in [2.75, 3.05) is 6.61 Å². The van der Waals surface area contributed by atoms with Gasteiger partial charge in [0.05, 0.1) is 12.9 Å². The van der Waals surface area contributed by atoms with E-state index in [0.717, 1.165) is 4.57 Å². The maximum Gasteiger partial charge on any atom is 0.351 e. The van der Waals surface area contributed by atoms with Crippen molar-refractivity contribution < 1.29 is 20.1 Å². The molecule has 0 aromatic carbocycles. The van der Waals surface area contributed by atoms with Gasteiger partial charge in [-0.1, -0.05) is 0 Å². The highest BCUT2D eigenvalue weighted by Crippen LogP contribution is 2.28. The maximum absolute atomic E-state index is 11.8. The molecule has 102 valence electrons. The maximum atomic E-state index is 11.8. The van der Waals surface area contributed by atoms with E-state index in [2.05, 4.69) is 15.0 Å². The van der Waals surface area contributed by atoms with Crippen molar-refractivity contribution in [3.05, 3.63) is 23.0 Å². The van der Waals surface area contributed by atoms with Crippen molar-refractivity contribution in [2.45, 2.75) is 24.5 Å². The van der Waals surface area contributed by atoms with Crippen molar-refractivity contribution in [3.8, 4) is 0 Å². The first-order valence-electron chi connectivity index (χ1n) is 5.66. The van der Waals surface area contributed by atoms with Gasteiger partial charge in [0.15, 0.2) is 11.9 Å². The highest BCUT2D eigenvalue weighted by molar-refractivity contribution is 5.67. The fourth-order valence-corrected chi connectivity index (χ4v) is 2.12. The van der Waals surface area contributed by atoms with Gasteiger partial charge in [0.2, 0.25) is 0 Å². The summed E-state index contributed by atoms with van der Waals surface area (Å²) in [6.45, 7) is -0.455. The second-order valence-corrected chi connectivity index (χ2v) is 4.30. The van der Waals surface area contributed by atoms with Crippen molar-refractivity contribution in [2.24, 2.45) is 0 Å². The van der Waals surface area contributed by atoms with Gasteiger partial charge in [0, 0.05) is 6.20 Å². The van der Waals surface area contributed by atoms with Crippen LogP contribution in [0.25, 0.3) is 11.2 Å². The van der Waals surface area contributed by atoms with Crippen LogP contribution < -0.4 is 5.69 Å². The predicted octanol–water partition coefficient (Wildman–Crippen LogP) is -2.27. The number of aromatic nitrogens is 4. The molecule has 1 aliphatic rings. The van der Waals surface area contributed by atoms with Crippen LogP contribution in [0.4, 0.5) is 0 Å². The number of imidazole rings is 1. The minimum atomic E-state index is -1.32. The van der Waals surface area contributed by atoms with Crippen LogP contribution in [0.1, 0.15) is 6.23 Å². The summed E-state index contributed by atoms with van der Waals surface area (Å²) in [6.07, 6.45) is -1.84. The van der Waals surface area contributed by atoms with Gasteiger partial charge in [-0.15, -0.1) is 0 Å². The quantitative estimate of drug-likeness (QED) is 0.482. The summed E-state index contributed by atoms with van der Waals surface area (Å²) in [5.41, 5.74) is 0.0970. The summed E-state index contributed by atoms with van der Waals surface area (Å²) in [7, 11) is 0. The number of fused-ring (bicyclic) bond motifs is 1. The van der Waals surface area contributed by atoms with Crippen LogP contribution in [0.15, 0.2) is 17.3 Å². The average Bonchev–Trinajstić information content (AvgIpc) is 2.95. The Morgan fingerprint density at radius 2 is 2.21 bits per heavy atom. The van der Waals surface area contributed by atoms with Gasteiger partial charge < -0.3 is 25.0 Å². The van der Waals surface area contributed by atoms with Crippen LogP contribution in [-0.4, -0.2) is 59.8 Å². The lowest BCUT2D eigenvalue weighted by molar-refractivity contribution is -0.0547. The minimum Gasteiger partial charge on any atom is -0.394 e. The van der Waals surface area contributed by atoms with Crippen molar-refractivity contribution in [3.63, 3.8) is 0 Å². The van der Waals surface area contributed by atoms with E-state index in [-0.39, 0.29) is 5.65 Å². The Morgan fingerprint density at radius 3 is 2.89 bits per heavy atom. The van der Waals surface area contributed by atoms with E-state index in [0.29, 0.717) is 5.52 Å². The van der Waals surface area contributed by atoms with E-state index in [1.807, 2.05) is 0 Å². The molecular formula is C10H12N4O5. The third-order valence-corrected chi connectivity index (χ3v) is 3.13. The number of nitrogens with one attached hydrogen (secondary N) is 1. The number of aliphatic hydroxyl groups is 3. The van der Waals surface area contributed by atoms with Crippen LogP contribution in [0.2, 0.25) is 0 Å². The molecule has 1 saturated heterocycles. The summed E-state index contributed by atoms with van der Waals surface area (Å²) < 4.78 is 6.33. The Kier molecular flexibility index (Phi) is 2.82. The lowest BCUT2D eigenvalue weighted by Crippen LogP contribution is -2.35. The molecule has 1 aliphatic heterocycles. The average molecular weight is 268 g/mol. The van der Waals surface area contributed by atoms with Crippen molar-refractivity contribution in [1.29, 1.82) is 0 Å². The highest BCUT2D eigenvalue weighted by Gasteiger charge is 2.43. The van der Waals surface area contributed by atoms with Gasteiger partial charge in [-0.05, 0) is 0 Å². The molecule has 4 atom stereocenters. The molecule has 2 aromatic heterocycles. The Morgan fingerprint density at radius 1 is 1.42 bits per heavy atom. The molecule has 9 nitrogen and oxygen atoms in total. The molecule has 1 fully saturated rings. The zero-order valence-electron chi connectivity index (χ0n) is 9.67. The Balaban J connectivity index is 2.04. The molecule has 0 amide bonds. The van der Waals surface area contributed by atoms with Gasteiger partial charge >= 0.3 is 5.69 Å². The molecule has 3 rings (SSSR count). The molecule has 19 heavy (non-hydrogen) atoms. The first-order chi connectivity index (χ1) is 9.11. The molecule has 0 bridgehead atoms. The van der Waals surface area contributed by atoms with E-state index in [4.69, 9.17) is 9.84 Å². The topological polar surface area (TPSA) is 133 Å². The monoisotopic (exact) mass is 268 g/mol. The van der Waals surface area contributed by atoms with Crippen molar-refractivity contribution in [1.82, 2.24) is 19.5 Å². The number of rotatable bonds is 2. The third-order valence-electron chi connectivity index (χ3n) is 3.13. The van der Waals surface area contributed by atoms with Crippen LogP contribution in [-0.2, 0) is 4.74 Å². The van der Waals surface area contributed by atoms with Crippen LogP contribution in [0.5, 0.6) is 0 Å². The van der Waals surface area contributed by atoms with Gasteiger partial charge in [-0.3, -0.25) is 4.57 Å². The first-order valence-corrected chi connectivity index (χ1v) is 5.66. The largest absolute Gasteiger partial charge is 0.394 e. The number of H-pyrrole nitrogens is 1. The summed E-state index contributed by atoms with van der Waals surface area (Å²) in [6, 6.07) is 0. The Bertz CT molecular complexity index is 653. The summed E-state index contributed by atoms with van der Waals surface area (Å²) in [5, 5.41) is 28.5. The second-order valence-electron chi connectivity index (χ2n) is 4.30. The molecule has 0 spiro atoms. The van der Waals surface area contributed by atoms with Crippen LogP contribution >= 0.6 is 0 Å². The van der Waals surface area contributed by atoms with E-state index in [9.17, 15) is 15.0 Å². The molecule has 4 unspecified atom stereocenters. The number of nitrogens with zero attached hydrogens (tertiary/aromatic N) is 3. The number of hydrogen-bond acceptors (Lipinski definition) is 7. The second kappa shape index (κ2) is 4.38. The van der Waals surface area contributed by atoms with Crippen LogP contribution in [0, 0.1) is 0 Å². The summed E-state index contributed by atoms with van der Waals surface area (Å²) in [5.74, 6) is 0. The first kappa shape index (κ1) is 12.2. The van der Waals surface area contributed by atoms with E-state index in [1.165, 1.54) is 12.5 Å². The number of aliphatic hydroxyl groups excluding tert-OH is 3. The molecule has 9 heteroatoms. The minimum absolute atomic E-state index is 0.257. The van der Waals surface area contributed by atoms with Crippen molar-refractivity contribution >= 4 is 11.2 Å². The lowest BCUT2D eigenvalue weighted by atomic mass is 10.1. The zero-order valence-corrected chi connectivity index (χ0v) is 9.67. The fourth-order valence-electron chi connectivity index (χ4n) is 2.12. The smallest absolute Gasteiger partial charge is 0.351 e. The Hall–Kier alpha value is -1.81. The van der Waals surface area contributed by atoms with E-state index >= 15 is 0 Å². The molecule has 4 N–H and O–H groups in total. The lowest BCUT2D eigenvalue weighted by Gasteiger charge is -2.16. The molecule has 0 aliphatic carbocycles. The number of hydrogen-bond donors (Lipinski definition) is 4. The zero-order chi connectivity index (χ0) is 13.6. The van der Waals surface area contributed by atoms with Gasteiger partial charge in [0.25, 0.3) is 0 Å².